The van der Waals surface area contributed by atoms with E-state index in [4.69, 9.17) is 4.74 Å². The second-order valence-corrected chi connectivity index (χ2v) is 8.74. The van der Waals surface area contributed by atoms with Crippen molar-refractivity contribution in [2.75, 3.05) is 45.7 Å². The summed E-state index contributed by atoms with van der Waals surface area (Å²) in [6.07, 6.45) is 2.95. The van der Waals surface area contributed by atoms with Gasteiger partial charge in [0.25, 0.3) is 11.8 Å². The van der Waals surface area contributed by atoms with Gasteiger partial charge in [-0.3, -0.25) is 14.6 Å². The van der Waals surface area contributed by atoms with E-state index in [1.807, 2.05) is 25.8 Å². The molecule has 0 radical (unpaired) electrons. The number of carbonyl (C=O) groups excluding carboxylic acids is 2. The van der Waals surface area contributed by atoms with Crippen LogP contribution >= 0.6 is 0 Å². The number of ether oxygens (including phenoxy) is 2. The minimum atomic E-state index is -0.940. The highest BCUT2D eigenvalue weighted by atomic mass is 19.2. The molecule has 190 valence electrons. The number of carbonyl (C=O) groups is 2. The lowest BCUT2D eigenvalue weighted by Gasteiger charge is -2.32. The normalized spacial score (nSPS) is 20.1. The fraction of sp³-hybridized carbons (Fsp3) is 0.480. The summed E-state index contributed by atoms with van der Waals surface area (Å²) in [7, 11) is 3.34. The first-order valence-corrected chi connectivity index (χ1v) is 11.6. The Balaban J connectivity index is 0.000000287. The molecule has 1 aromatic heterocycles. The van der Waals surface area contributed by atoms with Gasteiger partial charge in [0.2, 0.25) is 5.82 Å². The number of anilines is 1. The molecule has 2 aliphatic heterocycles. The van der Waals surface area contributed by atoms with E-state index in [9.17, 15) is 18.4 Å². The number of aromatic nitrogens is 1. The Morgan fingerprint density at radius 3 is 2.49 bits per heavy atom. The topological polar surface area (TPSA) is 84.0 Å². The molecule has 35 heavy (non-hydrogen) atoms. The number of hydrogen-bond acceptors (Lipinski definition) is 6. The number of benzene rings is 1. The molecular formula is C25H32F2N4O4. The third-order valence-corrected chi connectivity index (χ3v) is 6.03. The van der Waals surface area contributed by atoms with Crippen molar-refractivity contribution >= 4 is 17.5 Å². The van der Waals surface area contributed by atoms with Gasteiger partial charge in [-0.15, -0.1) is 0 Å². The second kappa shape index (κ2) is 12.0. The van der Waals surface area contributed by atoms with E-state index < -0.39 is 17.7 Å². The van der Waals surface area contributed by atoms with E-state index in [1.54, 1.807) is 12.3 Å². The summed E-state index contributed by atoms with van der Waals surface area (Å²) >= 11 is 0. The zero-order valence-electron chi connectivity index (χ0n) is 20.5. The van der Waals surface area contributed by atoms with Crippen LogP contribution in [0.15, 0.2) is 30.5 Å². The number of halogens is 2. The molecule has 0 saturated carbocycles. The minimum Gasteiger partial charge on any atom is -0.494 e. The number of methoxy groups -OCH3 is 1. The first-order valence-electron chi connectivity index (χ1n) is 11.6. The zero-order valence-corrected chi connectivity index (χ0v) is 20.5. The maximum Gasteiger partial charge on any atom is 0.272 e. The average molecular weight is 491 g/mol. The molecule has 2 unspecified atom stereocenters. The number of amides is 2. The Morgan fingerprint density at radius 2 is 1.89 bits per heavy atom. The van der Waals surface area contributed by atoms with E-state index in [2.05, 4.69) is 19.9 Å². The van der Waals surface area contributed by atoms with Crippen LogP contribution in [0.3, 0.4) is 0 Å². The number of hydrogen-bond donors (Lipinski definition) is 1. The minimum absolute atomic E-state index is 0.0694. The average Bonchev–Trinajstić information content (AvgIpc) is 3.29. The molecule has 2 amide bonds. The molecule has 2 aromatic rings. The molecule has 0 aliphatic carbocycles. The third kappa shape index (κ3) is 6.95. The molecule has 0 bridgehead atoms. The van der Waals surface area contributed by atoms with Crippen LogP contribution in [0, 0.1) is 18.6 Å². The van der Waals surface area contributed by atoms with Gasteiger partial charge in [-0.25, -0.2) is 4.39 Å². The zero-order chi connectivity index (χ0) is 25.5. The van der Waals surface area contributed by atoms with Crippen LogP contribution in [-0.4, -0.2) is 79.1 Å². The van der Waals surface area contributed by atoms with Crippen molar-refractivity contribution in [2.24, 2.45) is 0 Å². The highest BCUT2D eigenvalue weighted by Gasteiger charge is 2.29. The van der Waals surface area contributed by atoms with Gasteiger partial charge >= 0.3 is 0 Å². The highest BCUT2D eigenvalue weighted by Crippen LogP contribution is 2.22. The fourth-order valence-corrected chi connectivity index (χ4v) is 3.80. The predicted molar refractivity (Wildman–Crippen MR) is 127 cm³/mol. The monoisotopic (exact) mass is 490 g/mol. The van der Waals surface area contributed by atoms with Crippen molar-refractivity contribution in [3.05, 3.63) is 53.4 Å². The van der Waals surface area contributed by atoms with Crippen molar-refractivity contribution in [1.82, 2.24) is 14.8 Å². The van der Waals surface area contributed by atoms with Crippen molar-refractivity contribution in [3.8, 4) is 5.75 Å². The number of nitrogens with zero attached hydrogens (tertiary/aromatic N) is 3. The standard InChI is InChI=1S/C18H26N4O3.C7H6F2O/c1-12-11-19-15(18(24)22-8-6-21(3)7-9-22)10-14(12)20-17(23)16-5-4-13(2)25-16;1-10-6-4-2-3-5(8)7(6)9/h10-11,13,16H,4-9H2,1-3H3,(H,19,20,23);2-4H,1H3. The molecule has 2 saturated heterocycles. The van der Waals surface area contributed by atoms with Crippen LogP contribution in [0.2, 0.25) is 0 Å². The number of likely N-dealkylation sites (N-methyl/N-ethyl adjacent to an activating group) is 1. The summed E-state index contributed by atoms with van der Waals surface area (Å²) in [5, 5.41) is 2.90. The first-order chi connectivity index (χ1) is 16.7. The Labute approximate surface area is 204 Å². The van der Waals surface area contributed by atoms with Gasteiger partial charge in [-0.2, -0.15) is 4.39 Å². The molecule has 8 nitrogen and oxygen atoms in total. The fourth-order valence-electron chi connectivity index (χ4n) is 3.80. The lowest BCUT2D eigenvalue weighted by Crippen LogP contribution is -2.47. The quantitative estimate of drug-likeness (QED) is 0.709. The molecule has 2 atom stereocenters. The summed E-state index contributed by atoms with van der Waals surface area (Å²) in [5.74, 6) is -2.14. The van der Waals surface area contributed by atoms with E-state index >= 15 is 0 Å². The van der Waals surface area contributed by atoms with Crippen LogP contribution < -0.4 is 10.1 Å². The SMILES string of the molecule is COc1cccc(F)c1F.Cc1cnc(C(=O)N2CCN(C)CC2)cc1NC(=O)C1CCC(C)O1. The van der Waals surface area contributed by atoms with Crippen molar-refractivity contribution in [2.45, 2.75) is 38.9 Å². The lowest BCUT2D eigenvalue weighted by atomic mass is 10.1. The molecule has 0 spiro atoms. The summed E-state index contributed by atoms with van der Waals surface area (Å²) in [4.78, 5) is 33.3. The molecule has 2 aliphatic rings. The van der Waals surface area contributed by atoms with Crippen molar-refractivity contribution in [3.63, 3.8) is 0 Å². The molecule has 1 N–H and O–H groups in total. The summed E-state index contributed by atoms with van der Waals surface area (Å²) in [6.45, 7) is 6.94. The van der Waals surface area contributed by atoms with Gasteiger partial charge in [-0.1, -0.05) is 6.07 Å². The maximum atomic E-state index is 12.7. The van der Waals surface area contributed by atoms with Gasteiger partial charge in [0.05, 0.1) is 13.2 Å². The van der Waals surface area contributed by atoms with E-state index in [0.29, 0.717) is 24.5 Å². The Bertz CT molecular complexity index is 1040. The number of pyridine rings is 1. The van der Waals surface area contributed by atoms with E-state index in [0.717, 1.165) is 37.6 Å². The molecule has 1 aromatic carbocycles. The van der Waals surface area contributed by atoms with Gasteiger partial charge in [0.1, 0.15) is 11.8 Å². The summed E-state index contributed by atoms with van der Waals surface area (Å²) in [5.41, 5.74) is 1.82. The van der Waals surface area contributed by atoms with Gasteiger partial charge in [0.15, 0.2) is 11.6 Å². The number of nitrogens with one attached hydrogen (secondary N) is 1. The Morgan fingerprint density at radius 1 is 1.17 bits per heavy atom. The highest BCUT2D eigenvalue weighted by molar-refractivity contribution is 5.97. The largest absolute Gasteiger partial charge is 0.494 e. The van der Waals surface area contributed by atoms with Crippen LogP contribution in [0.5, 0.6) is 5.75 Å². The van der Waals surface area contributed by atoms with Crippen LogP contribution in [0.1, 0.15) is 35.8 Å². The Hall–Kier alpha value is -3.11. The molecule has 3 heterocycles. The van der Waals surface area contributed by atoms with Gasteiger partial charge in [0, 0.05) is 38.1 Å². The number of piperazine rings is 1. The lowest BCUT2D eigenvalue weighted by molar-refractivity contribution is -0.126. The predicted octanol–water partition coefficient (Wildman–Crippen LogP) is 3.26. The number of rotatable bonds is 4. The van der Waals surface area contributed by atoms with Crippen LogP contribution in [0.4, 0.5) is 14.5 Å². The van der Waals surface area contributed by atoms with Crippen molar-refractivity contribution in [1.29, 1.82) is 0 Å². The summed E-state index contributed by atoms with van der Waals surface area (Å²) in [6, 6.07) is 5.46. The maximum absolute atomic E-state index is 12.7. The van der Waals surface area contributed by atoms with Crippen LogP contribution in [0.25, 0.3) is 0 Å². The van der Waals surface area contributed by atoms with E-state index in [1.165, 1.54) is 19.2 Å². The number of aryl methyl sites for hydroxylation is 1. The first kappa shape index (κ1) is 26.5. The summed E-state index contributed by atoms with van der Waals surface area (Å²) < 4.78 is 34.9. The smallest absolute Gasteiger partial charge is 0.272 e. The Kier molecular flexibility index (Phi) is 9.11. The third-order valence-electron chi connectivity index (χ3n) is 6.03. The van der Waals surface area contributed by atoms with Gasteiger partial charge in [-0.05, 0) is 57.5 Å². The molecule has 4 rings (SSSR count). The van der Waals surface area contributed by atoms with Crippen molar-refractivity contribution < 1.29 is 27.8 Å². The van der Waals surface area contributed by atoms with Gasteiger partial charge < -0.3 is 24.6 Å². The molecule has 10 heteroatoms. The molecular weight excluding hydrogens is 458 g/mol. The van der Waals surface area contributed by atoms with Crippen LogP contribution in [-0.2, 0) is 9.53 Å². The van der Waals surface area contributed by atoms with E-state index in [-0.39, 0.29) is 23.7 Å². The second-order valence-electron chi connectivity index (χ2n) is 8.74. The molecule has 2 fully saturated rings.